The molecule has 0 aliphatic carbocycles. The molecule has 0 fully saturated rings. The molecule has 0 radical (unpaired) electrons. The van der Waals surface area contributed by atoms with Crippen LogP contribution in [0.4, 0.5) is 5.69 Å². The molecule has 9 heteroatoms. The topological polar surface area (TPSA) is 124 Å². The average Bonchev–Trinajstić information content (AvgIpc) is 3.00. The third kappa shape index (κ3) is 5.12. The molecule has 154 valence electrons. The van der Waals surface area contributed by atoms with Gasteiger partial charge in [-0.3, -0.25) is 4.79 Å². The van der Waals surface area contributed by atoms with E-state index in [9.17, 15) is 18.0 Å². The number of aromatic nitrogens is 2. The summed E-state index contributed by atoms with van der Waals surface area (Å²) in [5, 5.41) is 2.73. The van der Waals surface area contributed by atoms with Crippen LogP contribution in [0.25, 0.3) is 11.0 Å². The number of aromatic amines is 2. The summed E-state index contributed by atoms with van der Waals surface area (Å²) in [6.45, 7) is 5.70. The summed E-state index contributed by atoms with van der Waals surface area (Å²) in [6, 6.07) is 10.4. The summed E-state index contributed by atoms with van der Waals surface area (Å²) < 4.78 is 28.0. The van der Waals surface area contributed by atoms with Crippen LogP contribution in [-0.2, 0) is 14.8 Å². The first kappa shape index (κ1) is 20.8. The highest BCUT2D eigenvalue weighted by atomic mass is 32.2. The Bertz CT molecular complexity index is 1180. The molecule has 1 atom stereocenters. The van der Waals surface area contributed by atoms with Gasteiger partial charge in [0.1, 0.15) is 6.04 Å². The first-order chi connectivity index (χ1) is 13.6. The van der Waals surface area contributed by atoms with Gasteiger partial charge in [0.2, 0.25) is 15.9 Å². The first-order valence-corrected chi connectivity index (χ1v) is 10.7. The number of anilines is 1. The van der Waals surface area contributed by atoms with E-state index in [0.29, 0.717) is 23.1 Å². The Morgan fingerprint density at radius 2 is 1.69 bits per heavy atom. The lowest BCUT2D eigenvalue weighted by molar-refractivity contribution is -0.118. The van der Waals surface area contributed by atoms with Crippen molar-refractivity contribution in [1.29, 1.82) is 0 Å². The summed E-state index contributed by atoms with van der Waals surface area (Å²) in [6.07, 6.45) is 0.333. The molecule has 0 bridgehead atoms. The van der Waals surface area contributed by atoms with Crippen LogP contribution in [0.2, 0.25) is 0 Å². The monoisotopic (exact) mass is 416 g/mol. The van der Waals surface area contributed by atoms with E-state index in [1.165, 1.54) is 12.1 Å². The Balaban J connectivity index is 1.81. The zero-order valence-corrected chi connectivity index (χ0v) is 17.3. The largest absolute Gasteiger partial charge is 0.325 e. The highest BCUT2D eigenvalue weighted by Gasteiger charge is 2.26. The van der Waals surface area contributed by atoms with E-state index < -0.39 is 22.0 Å². The van der Waals surface area contributed by atoms with Gasteiger partial charge in [-0.1, -0.05) is 31.5 Å². The van der Waals surface area contributed by atoms with Crippen molar-refractivity contribution in [2.24, 2.45) is 5.92 Å². The minimum Gasteiger partial charge on any atom is -0.325 e. The van der Waals surface area contributed by atoms with Gasteiger partial charge in [-0.15, -0.1) is 0 Å². The van der Waals surface area contributed by atoms with E-state index in [1.807, 2.05) is 20.8 Å². The fourth-order valence-electron chi connectivity index (χ4n) is 2.99. The van der Waals surface area contributed by atoms with Crippen molar-refractivity contribution in [2.45, 2.75) is 38.1 Å². The van der Waals surface area contributed by atoms with Crippen LogP contribution >= 0.6 is 0 Å². The van der Waals surface area contributed by atoms with Crippen LogP contribution in [0.3, 0.4) is 0 Å². The number of amides is 1. The minimum absolute atomic E-state index is 0.0926. The summed E-state index contributed by atoms with van der Waals surface area (Å²) in [5.41, 5.74) is 2.23. The van der Waals surface area contributed by atoms with Crippen LogP contribution < -0.4 is 15.7 Å². The molecule has 0 saturated heterocycles. The molecule has 2 aromatic carbocycles. The maximum atomic E-state index is 12.8. The fourth-order valence-corrected chi connectivity index (χ4v) is 4.20. The Morgan fingerprint density at radius 1 is 1.03 bits per heavy atom. The van der Waals surface area contributed by atoms with Gasteiger partial charge in [0.05, 0.1) is 15.9 Å². The Labute approximate surface area is 168 Å². The van der Waals surface area contributed by atoms with Crippen molar-refractivity contribution in [3.8, 4) is 0 Å². The number of sulfonamides is 1. The second kappa shape index (κ2) is 8.22. The highest BCUT2D eigenvalue weighted by Crippen LogP contribution is 2.17. The van der Waals surface area contributed by atoms with E-state index in [4.69, 9.17) is 0 Å². The van der Waals surface area contributed by atoms with E-state index >= 15 is 0 Å². The number of rotatable bonds is 7. The molecule has 8 nitrogen and oxygen atoms in total. The molecule has 1 heterocycles. The van der Waals surface area contributed by atoms with Gasteiger partial charge in [0.25, 0.3) is 0 Å². The molecule has 1 amide bonds. The maximum Gasteiger partial charge on any atom is 0.323 e. The van der Waals surface area contributed by atoms with Gasteiger partial charge in [-0.25, -0.2) is 13.2 Å². The van der Waals surface area contributed by atoms with Crippen molar-refractivity contribution < 1.29 is 13.2 Å². The normalized spacial score (nSPS) is 13.0. The quantitative estimate of drug-likeness (QED) is 0.472. The van der Waals surface area contributed by atoms with Gasteiger partial charge >= 0.3 is 5.69 Å². The maximum absolute atomic E-state index is 12.8. The standard InChI is InChI=1S/C20H24N4O4S/c1-12(2)10-18(24-29(27,28)15-7-4-13(3)5-8-15)19(25)21-14-6-9-16-17(11-14)23-20(26)22-16/h4-9,11-12,18,24H,10H2,1-3H3,(H,21,25)(H2,22,23,26)/t18-/m0/s1. The van der Waals surface area contributed by atoms with Crippen molar-refractivity contribution in [3.63, 3.8) is 0 Å². The number of H-pyrrole nitrogens is 2. The lowest BCUT2D eigenvalue weighted by Crippen LogP contribution is -2.44. The van der Waals surface area contributed by atoms with E-state index in [2.05, 4.69) is 20.0 Å². The van der Waals surface area contributed by atoms with Crippen molar-refractivity contribution in [3.05, 3.63) is 58.5 Å². The minimum atomic E-state index is -3.85. The number of hydrogen-bond acceptors (Lipinski definition) is 4. The number of aryl methyl sites for hydroxylation is 1. The molecule has 29 heavy (non-hydrogen) atoms. The molecule has 3 aromatic rings. The third-order valence-electron chi connectivity index (χ3n) is 4.44. The fraction of sp³-hybridized carbons (Fsp3) is 0.300. The van der Waals surface area contributed by atoms with Crippen LogP contribution in [-0.4, -0.2) is 30.3 Å². The van der Waals surface area contributed by atoms with Crippen LogP contribution in [0.15, 0.2) is 52.2 Å². The Morgan fingerprint density at radius 3 is 2.34 bits per heavy atom. The van der Waals surface area contributed by atoms with Crippen LogP contribution in [0.5, 0.6) is 0 Å². The van der Waals surface area contributed by atoms with E-state index in [-0.39, 0.29) is 16.5 Å². The molecular formula is C20H24N4O4S. The van der Waals surface area contributed by atoms with Gasteiger partial charge in [0, 0.05) is 5.69 Å². The molecule has 0 aliphatic rings. The second-order valence-corrected chi connectivity index (χ2v) is 9.16. The number of benzene rings is 2. The van der Waals surface area contributed by atoms with Crippen LogP contribution in [0, 0.1) is 12.8 Å². The first-order valence-electron chi connectivity index (χ1n) is 9.26. The van der Waals surface area contributed by atoms with Crippen molar-refractivity contribution in [1.82, 2.24) is 14.7 Å². The lowest BCUT2D eigenvalue weighted by atomic mass is 10.0. The summed E-state index contributed by atoms with van der Waals surface area (Å²) >= 11 is 0. The highest BCUT2D eigenvalue weighted by molar-refractivity contribution is 7.89. The average molecular weight is 417 g/mol. The van der Waals surface area contributed by atoms with Crippen molar-refractivity contribution in [2.75, 3.05) is 5.32 Å². The number of carbonyl (C=O) groups is 1. The van der Waals surface area contributed by atoms with Gasteiger partial charge in [0.15, 0.2) is 0 Å². The third-order valence-corrected chi connectivity index (χ3v) is 5.92. The van der Waals surface area contributed by atoms with Gasteiger partial charge in [-0.05, 0) is 49.6 Å². The molecule has 4 N–H and O–H groups in total. The van der Waals surface area contributed by atoms with Crippen LogP contribution in [0.1, 0.15) is 25.8 Å². The second-order valence-electron chi connectivity index (χ2n) is 7.45. The zero-order valence-electron chi connectivity index (χ0n) is 16.4. The molecular weight excluding hydrogens is 392 g/mol. The Kier molecular flexibility index (Phi) is 5.90. The number of nitrogens with one attached hydrogen (secondary N) is 4. The van der Waals surface area contributed by atoms with Gasteiger partial charge < -0.3 is 15.3 Å². The number of fused-ring (bicyclic) bond motifs is 1. The molecule has 0 saturated carbocycles. The SMILES string of the molecule is Cc1ccc(S(=O)(=O)N[C@@H](CC(C)C)C(=O)Nc2ccc3[nH]c(=O)[nH]c3c2)cc1. The Hall–Kier alpha value is -2.91. The predicted molar refractivity (Wildman–Crippen MR) is 112 cm³/mol. The number of hydrogen-bond donors (Lipinski definition) is 4. The molecule has 0 spiro atoms. The molecule has 0 aliphatic heterocycles. The lowest BCUT2D eigenvalue weighted by Gasteiger charge is -2.20. The number of carbonyl (C=O) groups excluding carboxylic acids is 1. The number of imidazole rings is 1. The molecule has 0 unspecified atom stereocenters. The predicted octanol–water partition coefficient (Wildman–Crippen LogP) is 2.50. The van der Waals surface area contributed by atoms with Gasteiger partial charge in [-0.2, -0.15) is 4.72 Å². The molecule has 3 rings (SSSR count). The molecule has 1 aromatic heterocycles. The summed E-state index contributed by atoms with van der Waals surface area (Å²) in [7, 11) is -3.85. The smallest absolute Gasteiger partial charge is 0.323 e. The van der Waals surface area contributed by atoms with E-state index in [1.54, 1.807) is 30.3 Å². The van der Waals surface area contributed by atoms with Crippen molar-refractivity contribution >= 4 is 32.7 Å². The zero-order chi connectivity index (χ0) is 21.2. The van der Waals surface area contributed by atoms with E-state index in [0.717, 1.165) is 5.56 Å². The summed E-state index contributed by atoms with van der Waals surface area (Å²) in [5.74, 6) is -0.374. The summed E-state index contributed by atoms with van der Waals surface area (Å²) in [4.78, 5) is 29.6.